The van der Waals surface area contributed by atoms with Crippen LogP contribution in [-0.2, 0) is 4.79 Å². The molecule has 7 heteroatoms. The number of carbonyl (C=O) groups excluding carboxylic acids is 2. The van der Waals surface area contributed by atoms with Gasteiger partial charge < -0.3 is 19.7 Å². The molecule has 2 amide bonds. The molecule has 0 aliphatic carbocycles. The summed E-state index contributed by atoms with van der Waals surface area (Å²) in [6.45, 7) is 2.07. The zero-order chi connectivity index (χ0) is 19.5. The van der Waals surface area contributed by atoms with E-state index in [1.807, 2.05) is 0 Å². The summed E-state index contributed by atoms with van der Waals surface area (Å²) in [5.74, 6) is 0.894. The van der Waals surface area contributed by atoms with Crippen LogP contribution in [-0.4, -0.2) is 43.0 Å². The monoisotopic (exact) mass is 400 g/mol. The number of nitrogens with one attached hydrogen (secondary N) is 1. The van der Waals surface area contributed by atoms with Crippen molar-refractivity contribution in [3.8, 4) is 11.5 Å². The Bertz CT molecular complexity index is 884. The van der Waals surface area contributed by atoms with E-state index < -0.39 is 0 Å². The molecule has 28 heavy (non-hydrogen) atoms. The fourth-order valence-corrected chi connectivity index (χ4v) is 3.64. The van der Waals surface area contributed by atoms with Crippen molar-refractivity contribution in [3.63, 3.8) is 0 Å². The van der Waals surface area contributed by atoms with E-state index in [2.05, 4.69) is 5.32 Å². The number of fused-ring (bicyclic) bond motifs is 1. The van der Waals surface area contributed by atoms with Crippen LogP contribution >= 0.6 is 11.6 Å². The maximum absolute atomic E-state index is 12.7. The van der Waals surface area contributed by atoms with E-state index in [1.54, 1.807) is 47.4 Å². The standard InChI is InChI=1S/C21H21ClN2O4/c22-16-5-3-14(4-6-16)21(26)24-9-1-2-15(13-24)20(25)23-17-7-8-18-19(12-17)28-11-10-27-18/h3-8,12,15H,1-2,9-11,13H2,(H,23,25)/t15-/m0/s1. The van der Waals surface area contributed by atoms with Crippen molar-refractivity contribution in [2.45, 2.75) is 12.8 Å². The molecule has 2 aromatic rings. The van der Waals surface area contributed by atoms with Crippen molar-refractivity contribution in [1.82, 2.24) is 4.90 Å². The lowest BCUT2D eigenvalue weighted by Crippen LogP contribution is -2.43. The van der Waals surface area contributed by atoms with Crippen LogP contribution in [0.25, 0.3) is 0 Å². The molecular formula is C21H21ClN2O4. The second kappa shape index (κ2) is 8.10. The van der Waals surface area contributed by atoms with Crippen LogP contribution in [0.3, 0.4) is 0 Å². The van der Waals surface area contributed by atoms with Gasteiger partial charge in [0, 0.05) is 35.4 Å². The molecule has 2 aliphatic rings. The highest BCUT2D eigenvalue weighted by molar-refractivity contribution is 6.30. The fraction of sp³-hybridized carbons (Fsp3) is 0.333. The maximum atomic E-state index is 12.7. The Morgan fingerprint density at radius 3 is 2.57 bits per heavy atom. The summed E-state index contributed by atoms with van der Waals surface area (Å²) < 4.78 is 11.1. The molecule has 0 spiro atoms. The Hall–Kier alpha value is -2.73. The topological polar surface area (TPSA) is 67.9 Å². The van der Waals surface area contributed by atoms with Gasteiger partial charge in [0.1, 0.15) is 13.2 Å². The molecule has 0 saturated carbocycles. The Morgan fingerprint density at radius 1 is 1.04 bits per heavy atom. The van der Waals surface area contributed by atoms with Gasteiger partial charge in [-0.25, -0.2) is 0 Å². The van der Waals surface area contributed by atoms with Gasteiger partial charge in [-0.2, -0.15) is 0 Å². The Morgan fingerprint density at radius 2 is 1.79 bits per heavy atom. The Kier molecular flexibility index (Phi) is 5.39. The SMILES string of the molecule is O=C(Nc1ccc2c(c1)OCCO2)[C@H]1CCCN(C(=O)c2ccc(Cl)cc2)C1. The first kappa shape index (κ1) is 18.6. The summed E-state index contributed by atoms with van der Waals surface area (Å²) in [6.07, 6.45) is 1.54. The molecule has 0 radical (unpaired) electrons. The molecule has 1 saturated heterocycles. The third-order valence-corrected chi connectivity index (χ3v) is 5.23. The maximum Gasteiger partial charge on any atom is 0.253 e. The third-order valence-electron chi connectivity index (χ3n) is 4.98. The van der Waals surface area contributed by atoms with Gasteiger partial charge in [-0.1, -0.05) is 11.6 Å². The van der Waals surface area contributed by atoms with Gasteiger partial charge in [0.05, 0.1) is 5.92 Å². The number of halogens is 1. The molecule has 2 aromatic carbocycles. The first-order chi connectivity index (χ1) is 13.6. The normalized spacial score (nSPS) is 18.5. The fourth-order valence-electron chi connectivity index (χ4n) is 3.52. The second-order valence-corrected chi connectivity index (χ2v) is 7.38. The molecular weight excluding hydrogens is 380 g/mol. The number of ether oxygens (including phenoxy) is 2. The summed E-state index contributed by atoms with van der Waals surface area (Å²) in [7, 11) is 0. The average Bonchev–Trinajstić information content (AvgIpc) is 2.74. The van der Waals surface area contributed by atoms with E-state index in [0.29, 0.717) is 54.1 Å². The smallest absolute Gasteiger partial charge is 0.253 e. The van der Waals surface area contributed by atoms with Crippen molar-refractivity contribution in [2.75, 3.05) is 31.6 Å². The molecule has 0 aromatic heterocycles. The lowest BCUT2D eigenvalue weighted by molar-refractivity contribution is -0.121. The van der Waals surface area contributed by atoms with Crippen LogP contribution in [0.5, 0.6) is 11.5 Å². The zero-order valence-electron chi connectivity index (χ0n) is 15.3. The predicted octanol–water partition coefficient (Wildman–Crippen LogP) is 3.60. The number of hydrogen-bond donors (Lipinski definition) is 1. The first-order valence-electron chi connectivity index (χ1n) is 9.35. The van der Waals surface area contributed by atoms with Crippen LogP contribution in [0.15, 0.2) is 42.5 Å². The summed E-state index contributed by atoms with van der Waals surface area (Å²) in [5.41, 5.74) is 1.24. The number of nitrogens with zero attached hydrogens (tertiary/aromatic N) is 1. The highest BCUT2D eigenvalue weighted by Crippen LogP contribution is 2.33. The molecule has 146 valence electrons. The highest BCUT2D eigenvalue weighted by atomic mass is 35.5. The van der Waals surface area contributed by atoms with Gasteiger partial charge in [0.25, 0.3) is 5.91 Å². The van der Waals surface area contributed by atoms with Gasteiger partial charge in [-0.15, -0.1) is 0 Å². The van der Waals surface area contributed by atoms with Crippen molar-refractivity contribution in [3.05, 3.63) is 53.1 Å². The second-order valence-electron chi connectivity index (χ2n) is 6.94. The van der Waals surface area contributed by atoms with Crippen LogP contribution < -0.4 is 14.8 Å². The van der Waals surface area contributed by atoms with Crippen LogP contribution in [0, 0.1) is 5.92 Å². The molecule has 4 rings (SSSR count). The Labute approximate surface area is 168 Å². The van der Waals surface area contributed by atoms with Crippen molar-refractivity contribution < 1.29 is 19.1 Å². The number of benzene rings is 2. The number of likely N-dealkylation sites (tertiary alicyclic amines) is 1. The minimum Gasteiger partial charge on any atom is -0.486 e. The largest absolute Gasteiger partial charge is 0.486 e. The summed E-state index contributed by atoms with van der Waals surface area (Å²) >= 11 is 5.89. The van der Waals surface area contributed by atoms with Crippen molar-refractivity contribution in [1.29, 1.82) is 0 Å². The zero-order valence-corrected chi connectivity index (χ0v) is 16.1. The first-order valence-corrected chi connectivity index (χ1v) is 9.73. The van der Waals surface area contributed by atoms with Gasteiger partial charge >= 0.3 is 0 Å². The molecule has 1 N–H and O–H groups in total. The van der Waals surface area contributed by atoms with Crippen LogP contribution in [0.2, 0.25) is 5.02 Å². The molecule has 0 unspecified atom stereocenters. The van der Waals surface area contributed by atoms with E-state index in [4.69, 9.17) is 21.1 Å². The van der Waals surface area contributed by atoms with E-state index in [1.165, 1.54) is 0 Å². The lowest BCUT2D eigenvalue weighted by Gasteiger charge is -2.32. The van der Waals surface area contributed by atoms with Crippen molar-refractivity contribution >= 4 is 29.1 Å². The van der Waals surface area contributed by atoms with Gasteiger partial charge in [-0.05, 0) is 49.2 Å². The number of amides is 2. The van der Waals surface area contributed by atoms with E-state index in [-0.39, 0.29) is 17.7 Å². The highest BCUT2D eigenvalue weighted by Gasteiger charge is 2.29. The average molecular weight is 401 g/mol. The molecule has 2 heterocycles. The molecule has 0 bridgehead atoms. The number of piperidine rings is 1. The molecule has 1 atom stereocenters. The van der Waals surface area contributed by atoms with E-state index in [0.717, 1.165) is 12.8 Å². The summed E-state index contributed by atoms with van der Waals surface area (Å²) in [5, 5.41) is 3.53. The van der Waals surface area contributed by atoms with Crippen LogP contribution in [0.1, 0.15) is 23.2 Å². The van der Waals surface area contributed by atoms with E-state index >= 15 is 0 Å². The number of hydrogen-bond acceptors (Lipinski definition) is 4. The van der Waals surface area contributed by atoms with Gasteiger partial charge in [0.15, 0.2) is 11.5 Å². The summed E-state index contributed by atoms with van der Waals surface area (Å²) in [6, 6.07) is 12.2. The number of rotatable bonds is 3. The van der Waals surface area contributed by atoms with Gasteiger partial charge in [0.2, 0.25) is 5.91 Å². The number of carbonyl (C=O) groups is 2. The predicted molar refractivity (Wildman–Crippen MR) is 106 cm³/mol. The third kappa shape index (κ3) is 4.07. The Balaban J connectivity index is 1.40. The minimum atomic E-state index is -0.252. The quantitative estimate of drug-likeness (QED) is 0.854. The van der Waals surface area contributed by atoms with Crippen molar-refractivity contribution in [2.24, 2.45) is 5.92 Å². The van der Waals surface area contributed by atoms with E-state index in [9.17, 15) is 9.59 Å². The summed E-state index contributed by atoms with van der Waals surface area (Å²) in [4.78, 5) is 27.2. The number of anilines is 1. The van der Waals surface area contributed by atoms with Crippen LogP contribution in [0.4, 0.5) is 5.69 Å². The lowest BCUT2D eigenvalue weighted by atomic mass is 9.96. The van der Waals surface area contributed by atoms with Gasteiger partial charge in [-0.3, -0.25) is 9.59 Å². The molecule has 2 aliphatic heterocycles. The molecule has 1 fully saturated rings. The minimum absolute atomic E-state index is 0.0755. The molecule has 6 nitrogen and oxygen atoms in total.